The molecule has 4 N–H and O–H groups in total. The first-order valence-corrected chi connectivity index (χ1v) is 12.9. The summed E-state index contributed by atoms with van der Waals surface area (Å²) in [5.41, 5.74) is 6.59. The van der Waals surface area contributed by atoms with Crippen molar-refractivity contribution in [1.82, 2.24) is 0 Å². The SMILES string of the molecule is CC(N)(COP(=O)(O)O)c1ccc2cc(OC3CCC4(CCCCC4)CC3)ccc2c1. The molecule has 0 aliphatic heterocycles. The highest BCUT2D eigenvalue weighted by molar-refractivity contribution is 7.46. The fraction of sp³-hybridized carbons (Fsp3) is 0.583. The van der Waals surface area contributed by atoms with E-state index in [2.05, 4.69) is 10.6 Å². The van der Waals surface area contributed by atoms with Gasteiger partial charge in [0.05, 0.1) is 18.2 Å². The summed E-state index contributed by atoms with van der Waals surface area (Å²) in [7, 11) is -4.56. The Hall–Kier alpha value is -1.43. The van der Waals surface area contributed by atoms with Gasteiger partial charge in [0, 0.05) is 0 Å². The number of fused-ring (bicyclic) bond motifs is 1. The summed E-state index contributed by atoms with van der Waals surface area (Å²) >= 11 is 0. The number of hydrogen-bond donors (Lipinski definition) is 3. The van der Waals surface area contributed by atoms with E-state index in [1.165, 1.54) is 44.9 Å². The second-order valence-electron chi connectivity index (χ2n) is 9.78. The molecule has 0 aromatic heterocycles. The Kier molecular flexibility index (Phi) is 6.49. The van der Waals surface area contributed by atoms with Gasteiger partial charge in [0.15, 0.2) is 0 Å². The van der Waals surface area contributed by atoms with E-state index < -0.39 is 13.4 Å². The third-order valence-corrected chi connectivity index (χ3v) is 7.68. The van der Waals surface area contributed by atoms with Crippen molar-refractivity contribution in [3.8, 4) is 5.75 Å². The number of benzene rings is 2. The van der Waals surface area contributed by atoms with Crippen molar-refractivity contribution >= 4 is 18.6 Å². The molecule has 2 aliphatic carbocycles. The van der Waals surface area contributed by atoms with Crippen molar-refractivity contribution in [2.24, 2.45) is 11.1 Å². The number of nitrogens with two attached hydrogens (primary N) is 1. The third-order valence-electron chi connectivity index (χ3n) is 7.21. The lowest BCUT2D eigenvalue weighted by Crippen LogP contribution is -2.37. The Bertz CT molecular complexity index is 954. The molecule has 2 aromatic rings. The Morgan fingerprint density at radius 1 is 1.03 bits per heavy atom. The molecule has 31 heavy (non-hydrogen) atoms. The van der Waals surface area contributed by atoms with Crippen molar-refractivity contribution in [2.45, 2.75) is 76.4 Å². The summed E-state index contributed by atoms with van der Waals surface area (Å²) in [6, 6.07) is 11.9. The largest absolute Gasteiger partial charge is 0.490 e. The summed E-state index contributed by atoms with van der Waals surface area (Å²) in [4.78, 5) is 17.9. The lowest BCUT2D eigenvalue weighted by Gasteiger charge is -2.42. The first kappa shape index (κ1) is 22.8. The maximum Gasteiger partial charge on any atom is 0.469 e. The molecule has 4 rings (SSSR count). The van der Waals surface area contributed by atoms with Crippen molar-refractivity contribution in [3.05, 3.63) is 42.0 Å². The molecule has 7 heteroatoms. The van der Waals surface area contributed by atoms with Crippen LogP contribution in [0.15, 0.2) is 36.4 Å². The van der Waals surface area contributed by atoms with E-state index in [1.807, 2.05) is 30.3 Å². The monoisotopic (exact) mass is 447 g/mol. The maximum absolute atomic E-state index is 11.0. The quantitative estimate of drug-likeness (QED) is 0.513. The van der Waals surface area contributed by atoms with Crippen LogP contribution in [0, 0.1) is 5.41 Å². The van der Waals surface area contributed by atoms with E-state index in [1.54, 1.807) is 6.92 Å². The Balaban J connectivity index is 1.41. The molecule has 6 nitrogen and oxygen atoms in total. The summed E-state index contributed by atoms with van der Waals surface area (Å²) < 4.78 is 22.0. The highest BCUT2D eigenvalue weighted by Gasteiger charge is 2.36. The zero-order valence-corrected chi connectivity index (χ0v) is 19.2. The normalized spacial score (nSPS) is 21.8. The predicted molar refractivity (Wildman–Crippen MR) is 122 cm³/mol. The molecule has 0 radical (unpaired) electrons. The molecule has 0 heterocycles. The zero-order chi connectivity index (χ0) is 22.1. The van der Waals surface area contributed by atoms with Crippen LogP contribution < -0.4 is 10.5 Å². The van der Waals surface area contributed by atoms with Gasteiger partial charge >= 0.3 is 7.82 Å². The van der Waals surface area contributed by atoms with E-state index in [0.717, 1.165) is 34.9 Å². The van der Waals surface area contributed by atoms with E-state index in [9.17, 15) is 4.57 Å². The molecule has 0 bridgehead atoms. The van der Waals surface area contributed by atoms with Crippen molar-refractivity contribution in [2.75, 3.05) is 6.61 Å². The Labute approximate surface area is 184 Å². The molecule has 1 unspecified atom stereocenters. The van der Waals surface area contributed by atoms with Gasteiger partial charge in [-0.3, -0.25) is 4.52 Å². The number of rotatable bonds is 6. The Morgan fingerprint density at radius 2 is 1.68 bits per heavy atom. The number of ether oxygens (including phenoxy) is 1. The fourth-order valence-corrected chi connectivity index (χ4v) is 5.71. The minimum absolute atomic E-state index is 0.271. The van der Waals surface area contributed by atoms with Crippen LogP contribution in [0.2, 0.25) is 0 Å². The molecule has 0 saturated heterocycles. The molecule has 1 spiro atoms. The maximum atomic E-state index is 11.0. The second kappa shape index (κ2) is 8.84. The molecule has 170 valence electrons. The van der Waals surface area contributed by atoms with Gasteiger partial charge in [-0.1, -0.05) is 37.5 Å². The summed E-state index contributed by atoms with van der Waals surface area (Å²) in [6.45, 7) is 1.43. The van der Waals surface area contributed by atoms with Crippen molar-refractivity contribution in [1.29, 1.82) is 0 Å². The molecular formula is C24H34NO5P. The van der Waals surface area contributed by atoms with Crippen LogP contribution in [0.25, 0.3) is 10.8 Å². The van der Waals surface area contributed by atoms with Crippen LogP contribution in [0.4, 0.5) is 0 Å². The highest BCUT2D eigenvalue weighted by Crippen LogP contribution is 2.48. The van der Waals surface area contributed by atoms with Crippen LogP contribution in [-0.2, 0) is 14.6 Å². The Morgan fingerprint density at radius 3 is 2.35 bits per heavy atom. The molecule has 1 atom stereocenters. The highest BCUT2D eigenvalue weighted by atomic mass is 31.2. The standard InChI is InChI=1S/C24H34NO5P/c1-23(25,17-29-31(26,27)28)20-7-5-19-16-22(8-6-18(19)15-20)30-21-9-13-24(14-10-21)11-3-2-4-12-24/h5-8,15-16,21H,2-4,9-14,17,25H2,1H3,(H2,26,27,28). The van der Waals surface area contributed by atoms with Crippen LogP contribution in [0.3, 0.4) is 0 Å². The minimum atomic E-state index is -4.56. The van der Waals surface area contributed by atoms with Crippen molar-refractivity contribution < 1.29 is 23.6 Å². The van der Waals surface area contributed by atoms with Gasteiger partial charge in [0.1, 0.15) is 5.75 Å². The first-order valence-electron chi connectivity index (χ1n) is 11.3. The number of phosphoric acid groups is 1. The predicted octanol–water partition coefficient (Wildman–Crippen LogP) is 5.39. The molecule has 2 fully saturated rings. The second-order valence-corrected chi connectivity index (χ2v) is 11.0. The average molecular weight is 448 g/mol. The first-order chi connectivity index (χ1) is 14.6. The van der Waals surface area contributed by atoms with E-state index >= 15 is 0 Å². The summed E-state index contributed by atoms with van der Waals surface area (Å²) in [5.74, 6) is 0.894. The number of hydrogen-bond acceptors (Lipinski definition) is 4. The molecule has 2 aromatic carbocycles. The molecular weight excluding hydrogens is 413 g/mol. The van der Waals surface area contributed by atoms with E-state index in [0.29, 0.717) is 11.5 Å². The lowest BCUT2D eigenvalue weighted by atomic mass is 9.65. The van der Waals surface area contributed by atoms with Crippen LogP contribution >= 0.6 is 7.82 Å². The van der Waals surface area contributed by atoms with Gasteiger partial charge in [0.25, 0.3) is 0 Å². The summed E-state index contributed by atoms with van der Waals surface area (Å²) in [5, 5.41) is 2.05. The molecule has 2 saturated carbocycles. The average Bonchev–Trinajstić information content (AvgIpc) is 2.74. The van der Waals surface area contributed by atoms with Gasteiger partial charge in [0.2, 0.25) is 0 Å². The van der Waals surface area contributed by atoms with Crippen LogP contribution in [-0.4, -0.2) is 22.5 Å². The van der Waals surface area contributed by atoms with Gasteiger partial charge in [-0.15, -0.1) is 0 Å². The van der Waals surface area contributed by atoms with Gasteiger partial charge in [-0.2, -0.15) is 0 Å². The van der Waals surface area contributed by atoms with Gasteiger partial charge < -0.3 is 20.3 Å². The summed E-state index contributed by atoms with van der Waals surface area (Å²) in [6.07, 6.45) is 12.2. The van der Waals surface area contributed by atoms with E-state index in [-0.39, 0.29) is 6.61 Å². The zero-order valence-electron chi connectivity index (χ0n) is 18.3. The molecule has 0 amide bonds. The minimum Gasteiger partial charge on any atom is -0.490 e. The third kappa shape index (κ3) is 5.68. The fourth-order valence-electron chi connectivity index (χ4n) is 5.27. The lowest BCUT2D eigenvalue weighted by molar-refractivity contribution is 0.0524. The van der Waals surface area contributed by atoms with E-state index in [4.69, 9.17) is 20.3 Å². The number of phosphoric ester groups is 1. The topological polar surface area (TPSA) is 102 Å². The smallest absolute Gasteiger partial charge is 0.469 e. The molecule has 2 aliphatic rings. The van der Waals surface area contributed by atoms with Gasteiger partial charge in [-0.25, -0.2) is 4.57 Å². The van der Waals surface area contributed by atoms with Crippen LogP contribution in [0.1, 0.15) is 70.3 Å². The van der Waals surface area contributed by atoms with Crippen molar-refractivity contribution in [3.63, 3.8) is 0 Å². The van der Waals surface area contributed by atoms with Crippen LogP contribution in [0.5, 0.6) is 5.75 Å². The van der Waals surface area contributed by atoms with Gasteiger partial charge in [-0.05, 0) is 85.4 Å².